The summed E-state index contributed by atoms with van der Waals surface area (Å²) in [7, 11) is 1.81. The minimum atomic E-state index is -0.802. The van der Waals surface area contributed by atoms with E-state index in [1.54, 1.807) is 9.80 Å². The number of nitrogens with zero attached hydrogens (tertiary/aromatic N) is 2. The molecule has 2 aliphatic rings. The van der Waals surface area contributed by atoms with Crippen LogP contribution in [0.1, 0.15) is 32.6 Å². The number of carbonyl (C=O) groups is 2. The van der Waals surface area contributed by atoms with Crippen molar-refractivity contribution in [3.05, 3.63) is 0 Å². The van der Waals surface area contributed by atoms with Gasteiger partial charge in [0.2, 0.25) is 0 Å². The molecule has 0 aromatic carbocycles. The predicted octanol–water partition coefficient (Wildman–Crippen LogP) is 1.40. The van der Waals surface area contributed by atoms with Crippen molar-refractivity contribution in [1.82, 2.24) is 9.80 Å². The average Bonchev–Trinajstić information content (AvgIpc) is 2.47. The SMILES string of the molecule is CC1CCC(C(=O)O)CN1C(=O)N(C)C1CCOCC1. The molecule has 6 nitrogen and oxygen atoms in total. The number of aliphatic carboxylic acids is 1. The van der Waals surface area contributed by atoms with Gasteiger partial charge in [0.05, 0.1) is 5.92 Å². The second-order valence-electron chi connectivity index (χ2n) is 5.85. The van der Waals surface area contributed by atoms with E-state index in [4.69, 9.17) is 9.84 Å². The van der Waals surface area contributed by atoms with E-state index in [1.165, 1.54) is 0 Å². The Kier molecular flexibility index (Phi) is 4.86. The van der Waals surface area contributed by atoms with Crippen LogP contribution in [0.2, 0.25) is 0 Å². The van der Waals surface area contributed by atoms with Crippen LogP contribution in [-0.4, -0.2) is 65.8 Å². The van der Waals surface area contributed by atoms with Crippen LogP contribution in [-0.2, 0) is 9.53 Å². The molecule has 1 N–H and O–H groups in total. The highest BCUT2D eigenvalue weighted by atomic mass is 16.5. The largest absolute Gasteiger partial charge is 0.481 e. The van der Waals surface area contributed by atoms with Gasteiger partial charge in [-0.2, -0.15) is 0 Å². The second kappa shape index (κ2) is 6.43. The molecule has 2 amide bonds. The van der Waals surface area contributed by atoms with Gasteiger partial charge in [0.25, 0.3) is 0 Å². The Labute approximate surface area is 119 Å². The summed E-state index contributed by atoms with van der Waals surface area (Å²) in [6.07, 6.45) is 3.12. The van der Waals surface area contributed by atoms with E-state index < -0.39 is 11.9 Å². The first-order valence-corrected chi connectivity index (χ1v) is 7.34. The van der Waals surface area contributed by atoms with Gasteiger partial charge >= 0.3 is 12.0 Å². The zero-order valence-corrected chi connectivity index (χ0v) is 12.2. The molecule has 2 heterocycles. The van der Waals surface area contributed by atoms with E-state index in [1.807, 2.05) is 14.0 Å². The zero-order valence-electron chi connectivity index (χ0n) is 12.2. The molecule has 0 spiro atoms. The van der Waals surface area contributed by atoms with Crippen LogP contribution in [0.15, 0.2) is 0 Å². The summed E-state index contributed by atoms with van der Waals surface area (Å²) in [6.45, 7) is 3.70. The van der Waals surface area contributed by atoms with Crippen molar-refractivity contribution in [1.29, 1.82) is 0 Å². The van der Waals surface area contributed by atoms with Gasteiger partial charge in [0, 0.05) is 38.9 Å². The Bertz CT molecular complexity index is 368. The Morgan fingerprint density at radius 3 is 2.45 bits per heavy atom. The molecule has 114 valence electrons. The van der Waals surface area contributed by atoms with Crippen molar-refractivity contribution in [2.24, 2.45) is 5.92 Å². The van der Waals surface area contributed by atoms with E-state index in [9.17, 15) is 9.59 Å². The predicted molar refractivity (Wildman–Crippen MR) is 73.5 cm³/mol. The number of rotatable bonds is 2. The minimum absolute atomic E-state index is 0.0460. The highest BCUT2D eigenvalue weighted by Gasteiger charge is 2.35. The number of ether oxygens (including phenoxy) is 1. The van der Waals surface area contributed by atoms with E-state index in [0.29, 0.717) is 26.2 Å². The van der Waals surface area contributed by atoms with Crippen molar-refractivity contribution < 1.29 is 19.4 Å². The van der Waals surface area contributed by atoms with Gasteiger partial charge in [-0.3, -0.25) is 4.79 Å². The van der Waals surface area contributed by atoms with Crippen LogP contribution in [0.25, 0.3) is 0 Å². The molecular formula is C14H24N2O4. The first kappa shape index (κ1) is 15.1. The molecule has 0 aliphatic carbocycles. The number of piperidine rings is 1. The minimum Gasteiger partial charge on any atom is -0.481 e. The molecule has 0 aromatic heterocycles. The maximum Gasteiger partial charge on any atom is 0.320 e. The molecule has 6 heteroatoms. The molecule has 2 fully saturated rings. The van der Waals surface area contributed by atoms with Gasteiger partial charge in [-0.25, -0.2) is 4.79 Å². The third-order valence-corrected chi connectivity index (χ3v) is 4.52. The van der Waals surface area contributed by atoms with Crippen LogP contribution in [0.4, 0.5) is 4.79 Å². The second-order valence-corrected chi connectivity index (χ2v) is 5.85. The lowest BCUT2D eigenvalue weighted by atomic mass is 9.94. The summed E-state index contributed by atoms with van der Waals surface area (Å²) < 4.78 is 5.32. The van der Waals surface area contributed by atoms with Gasteiger partial charge < -0.3 is 19.6 Å². The summed E-state index contributed by atoms with van der Waals surface area (Å²) in [5.41, 5.74) is 0. The molecule has 20 heavy (non-hydrogen) atoms. The van der Waals surface area contributed by atoms with Crippen molar-refractivity contribution in [2.75, 3.05) is 26.8 Å². The number of hydrogen-bond donors (Lipinski definition) is 1. The maximum atomic E-state index is 12.6. The van der Waals surface area contributed by atoms with Crippen molar-refractivity contribution >= 4 is 12.0 Å². The van der Waals surface area contributed by atoms with Crippen LogP contribution >= 0.6 is 0 Å². The molecule has 2 atom stereocenters. The summed E-state index contributed by atoms with van der Waals surface area (Å²) >= 11 is 0. The molecule has 2 aliphatic heterocycles. The smallest absolute Gasteiger partial charge is 0.320 e. The molecule has 0 radical (unpaired) electrons. The topological polar surface area (TPSA) is 70.1 Å². The number of carbonyl (C=O) groups excluding carboxylic acids is 1. The highest BCUT2D eigenvalue weighted by molar-refractivity contribution is 5.77. The van der Waals surface area contributed by atoms with Gasteiger partial charge in [-0.15, -0.1) is 0 Å². The summed E-state index contributed by atoms with van der Waals surface area (Å²) in [5.74, 6) is -1.23. The third-order valence-electron chi connectivity index (χ3n) is 4.52. The van der Waals surface area contributed by atoms with Crippen LogP contribution in [0.5, 0.6) is 0 Å². The average molecular weight is 284 g/mol. The molecule has 0 aromatic rings. The lowest BCUT2D eigenvalue weighted by Crippen LogP contribution is -2.54. The Morgan fingerprint density at radius 1 is 1.20 bits per heavy atom. The first-order valence-electron chi connectivity index (χ1n) is 7.34. The molecule has 2 rings (SSSR count). The van der Waals surface area contributed by atoms with E-state index in [0.717, 1.165) is 19.3 Å². The van der Waals surface area contributed by atoms with Crippen molar-refractivity contribution in [3.8, 4) is 0 Å². The number of hydrogen-bond acceptors (Lipinski definition) is 3. The number of urea groups is 1. The van der Waals surface area contributed by atoms with Crippen LogP contribution < -0.4 is 0 Å². The fourth-order valence-corrected chi connectivity index (χ4v) is 3.01. The van der Waals surface area contributed by atoms with Gasteiger partial charge in [0.15, 0.2) is 0 Å². The Morgan fingerprint density at radius 2 is 1.85 bits per heavy atom. The normalized spacial score (nSPS) is 28.2. The van der Waals surface area contributed by atoms with E-state index in [-0.39, 0.29) is 18.1 Å². The van der Waals surface area contributed by atoms with Gasteiger partial charge in [-0.05, 0) is 32.6 Å². The molecule has 2 unspecified atom stereocenters. The monoisotopic (exact) mass is 284 g/mol. The van der Waals surface area contributed by atoms with E-state index in [2.05, 4.69) is 0 Å². The lowest BCUT2D eigenvalue weighted by Gasteiger charge is -2.41. The fraction of sp³-hybridized carbons (Fsp3) is 0.857. The summed E-state index contributed by atoms with van der Waals surface area (Å²) in [4.78, 5) is 27.2. The van der Waals surface area contributed by atoms with Crippen molar-refractivity contribution in [2.45, 2.75) is 44.7 Å². The van der Waals surface area contributed by atoms with Crippen LogP contribution in [0, 0.1) is 5.92 Å². The highest BCUT2D eigenvalue weighted by Crippen LogP contribution is 2.24. The summed E-state index contributed by atoms with van der Waals surface area (Å²) in [5, 5.41) is 9.14. The fourth-order valence-electron chi connectivity index (χ4n) is 3.01. The Hall–Kier alpha value is -1.30. The number of carboxylic acids is 1. The van der Waals surface area contributed by atoms with Crippen LogP contribution in [0.3, 0.4) is 0 Å². The van der Waals surface area contributed by atoms with Gasteiger partial charge in [-0.1, -0.05) is 0 Å². The van der Waals surface area contributed by atoms with Crippen molar-refractivity contribution in [3.63, 3.8) is 0 Å². The molecule has 2 saturated heterocycles. The van der Waals surface area contributed by atoms with Gasteiger partial charge in [0.1, 0.15) is 0 Å². The Balaban J connectivity index is 2.00. The summed E-state index contributed by atoms with van der Waals surface area (Å²) in [6, 6.07) is 0.268. The maximum absolute atomic E-state index is 12.6. The third kappa shape index (κ3) is 3.23. The standard InChI is InChI=1S/C14H24N2O4/c1-10-3-4-11(13(17)18)9-16(10)14(19)15(2)12-5-7-20-8-6-12/h10-12H,3-9H2,1-2H3,(H,17,18). The molecular weight excluding hydrogens is 260 g/mol. The number of amides is 2. The molecule has 0 saturated carbocycles. The molecule has 0 bridgehead atoms. The quantitative estimate of drug-likeness (QED) is 0.832. The number of likely N-dealkylation sites (tertiary alicyclic amines) is 1. The first-order chi connectivity index (χ1) is 9.50. The van der Waals surface area contributed by atoms with E-state index >= 15 is 0 Å². The number of carboxylic acid groups (broad SMARTS) is 1. The lowest BCUT2D eigenvalue weighted by molar-refractivity contribution is -0.143. The zero-order chi connectivity index (χ0) is 14.7.